The maximum atomic E-state index is 9.24. The first kappa shape index (κ1) is 13.7. The van der Waals surface area contributed by atoms with Crippen molar-refractivity contribution in [3.8, 4) is 5.88 Å². The third-order valence-electron chi connectivity index (χ3n) is 2.21. The van der Waals surface area contributed by atoms with Gasteiger partial charge in [0.25, 0.3) is 0 Å². The zero-order valence-corrected chi connectivity index (χ0v) is 10.3. The molecule has 4 N–H and O–H groups in total. The van der Waals surface area contributed by atoms with Crippen LogP contribution in [0.3, 0.4) is 0 Å². The lowest BCUT2D eigenvalue weighted by molar-refractivity contribution is 0.168. The van der Waals surface area contributed by atoms with E-state index < -0.39 is 6.10 Å². The number of rotatable bonds is 7. The van der Waals surface area contributed by atoms with Gasteiger partial charge in [-0.3, -0.25) is 4.98 Å². The lowest BCUT2D eigenvalue weighted by Crippen LogP contribution is -2.38. The van der Waals surface area contributed by atoms with Crippen LogP contribution in [0.2, 0.25) is 0 Å². The summed E-state index contributed by atoms with van der Waals surface area (Å²) in [6, 6.07) is -0.336. The highest BCUT2D eigenvalue weighted by Gasteiger charge is 2.09. The highest BCUT2D eigenvalue weighted by atomic mass is 16.5. The quantitative estimate of drug-likeness (QED) is 0.638. The van der Waals surface area contributed by atoms with Crippen molar-refractivity contribution in [2.75, 3.05) is 18.5 Å². The smallest absolute Gasteiger partial charge is 0.234 e. The summed E-state index contributed by atoms with van der Waals surface area (Å²) in [5, 5.41) is 12.2. The van der Waals surface area contributed by atoms with Crippen LogP contribution < -0.4 is 15.8 Å². The highest BCUT2D eigenvalue weighted by molar-refractivity contribution is 5.33. The monoisotopic (exact) mass is 240 g/mol. The summed E-state index contributed by atoms with van der Waals surface area (Å²) >= 11 is 0. The summed E-state index contributed by atoms with van der Waals surface area (Å²) in [7, 11) is 0. The van der Waals surface area contributed by atoms with Gasteiger partial charge in [-0.1, -0.05) is 6.92 Å². The molecule has 1 heterocycles. The SMILES string of the molecule is CCCOc1cncc(NCC(N)C(C)O)n1. The van der Waals surface area contributed by atoms with E-state index in [0.29, 0.717) is 24.8 Å². The van der Waals surface area contributed by atoms with Gasteiger partial charge in [-0.05, 0) is 13.3 Å². The van der Waals surface area contributed by atoms with Crippen LogP contribution in [0, 0.1) is 0 Å². The predicted octanol–water partition coefficient (Wildman–Crippen LogP) is 0.385. The van der Waals surface area contributed by atoms with Gasteiger partial charge >= 0.3 is 0 Å². The Morgan fingerprint density at radius 1 is 1.53 bits per heavy atom. The average molecular weight is 240 g/mol. The van der Waals surface area contributed by atoms with Crippen molar-refractivity contribution < 1.29 is 9.84 Å². The molecule has 1 rings (SSSR count). The van der Waals surface area contributed by atoms with Gasteiger partial charge < -0.3 is 20.9 Å². The molecule has 0 spiro atoms. The zero-order chi connectivity index (χ0) is 12.7. The molecule has 2 unspecified atom stereocenters. The number of aliphatic hydroxyl groups excluding tert-OH is 1. The normalized spacial score (nSPS) is 14.1. The molecule has 0 saturated carbocycles. The molecule has 6 heteroatoms. The van der Waals surface area contributed by atoms with Gasteiger partial charge in [0, 0.05) is 12.6 Å². The third kappa shape index (κ3) is 4.97. The second kappa shape index (κ2) is 7.03. The minimum Gasteiger partial charge on any atom is -0.477 e. The van der Waals surface area contributed by atoms with Crippen molar-refractivity contribution in [2.24, 2.45) is 5.73 Å². The Balaban J connectivity index is 2.48. The Morgan fingerprint density at radius 3 is 2.94 bits per heavy atom. The molecule has 0 radical (unpaired) electrons. The summed E-state index contributed by atoms with van der Waals surface area (Å²) in [6.45, 7) is 4.73. The van der Waals surface area contributed by atoms with E-state index in [-0.39, 0.29) is 6.04 Å². The fourth-order valence-electron chi connectivity index (χ4n) is 1.10. The van der Waals surface area contributed by atoms with Crippen molar-refractivity contribution >= 4 is 5.82 Å². The average Bonchev–Trinajstić information content (AvgIpc) is 2.33. The number of anilines is 1. The Kier molecular flexibility index (Phi) is 5.65. The molecule has 1 aromatic heterocycles. The standard InChI is InChI=1S/C11H20N4O2/c1-3-4-17-11-7-13-6-10(15-11)14-5-9(12)8(2)16/h6-9,16H,3-5,12H2,1-2H3,(H,14,15). The van der Waals surface area contributed by atoms with Gasteiger partial charge in [0.05, 0.1) is 25.1 Å². The van der Waals surface area contributed by atoms with Crippen molar-refractivity contribution in [1.29, 1.82) is 0 Å². The summed E-state index contributed by atoms with van der Waals surface area (Å²) < 4.78 is 5.36. The topological polar surface area (TPSA) is 93.3 Å². The van der Waals surface area contributed by atoms with E-state index in [9.17, 15) is 5.11 Å². The Morgan fingerprint density at radius 2 is 2.29 bits per heavy atom. The zero-order valence-electron chi connectivity index (χ0n) is 10.3. The maximum Gasteiger partial charge on any atom is 0.234 e. The van der Waals surface area contributed by atoms with E-state index in [4.69, 9.17) is 10.5 Å². The number of hydrogen-bond acceptors (Lipinski definition) is 6. The molecule has 2 atom stereocenters. The van der Waals surface area contributed by atoms with E-state index in [1.165, 1.54) is 0 Å². The predicted molar refractivity (Wildman–Crippen MR) is 66.0 cm³/mol. The number of aliphatic hydroxyl groups is 1. The first-order valence-electron chi connectivity index (χ1n) is 5.75. The molecular weight excluding hydrogens is 220 g/mol. The molecule has 0 aliphatic heterocycles. The molecule has 0 aromatic carbocycles. The second-order valence-electron chi connectivity index (χ2n) is 3.88. The minimum absolute atomic E-state index is 0.336. The van der Waals surface area contributed by atoms with E-state index in [2.05, 4.69) is 15.3 Å². The van der Waals surface area contributed by atoms with Crippen LogP contribution in [0.15, 0.2) is 12.4 Å². The number of aromatic nitrogens is 2. The summed E-state index contributed by atoms with van der Waals surface area (Å²) in [4.78, 5) is 8.22. The molecule has 0 bridgehead atoms. The number of nitrogens with zero attached hydrogens (tertiary/aromatic N) is 2. The molecule has 1 aromatic rings. The fraction of sp³-hybridized carbons (Fsp3) is 0.636. The van der Waals surface area contributed by atoms with Gasteiger partial charge in [0.15, 0.2) is 0 Å². The Labute approximate surface area is 101 Å². The van der Waals surface area contributed by atoms with Crippen molar-refractivity contribution in [3.05, 3.63) is 12.4 Å². The number of hydrogen-bond donors (Lipinski definition) is 3. The number of nitrogens with two attached hydrogens (primary N) is 1. The van der Waals surface area contributed by atoms with Crippen molar-refractivity contribution in [1.82, 2.24) is 9.97 Å². The third-order valence-corrected chi connectivity index (χ3v) is 2.21. The van der Waals surface area contributed by atoms with E-state index >= 15 is 0 Å². The molecule has 0 saturated heterocycles. The van der Waals surface area contributed by atoms with E-state index in [1.54, 1.807) is 19.3 Å². The lowest BCUT2D eigenvalue weighted by atomic mass is 10.2. The van der Waals surface area contributed by atoms with Crippen molar-refractivity contribution in [3.63, 3.8) is 0 Å². The largest absolute Gasteiger partial charge is 0.477 e. The molecule has 0 amide bonds. The Bertz CT molecular complexity index is 333. The van der Waals surface area contributed by atoms with Crippen LogP contribution >= 0.6 is 0 Å². The summed E-state index contributed by atoms with van der Waals surface area (Å²) in [5.74, 6) is 1.08. The number of ether oxygens (including phenoxy) is 1. The van der Waals surface area contributed by atoms with Gasteiger partial charge in [0.2, 0.25) is 5.88 Å². The fourth-order valence-corrected chi connectivity index (χ4v) is 1.10. The Hall–Kier alpha value is -1.40. The van der Waals surface area contributed by atoms with Gasteiger partial charge in [-0.25, -0.2) is 0 Å². The lowest BCUT2D eigenvalue weighted by Gasteiger charge is -2.15. The second-order valence-corrected chi connectivity index (χ2v) is 3.88. The first-order chi connectivity index (χ1) is 8.13. The van der Waals surface area contributed by atoms with Gasteiger partial charge in [-0.2, -0.15) is 4.98 Å². The van der Waals surface area contributed by atoms with Crippen LogP contribution in [-0.4, -0.2) is 40.4 Å². The van der Waals surface area contributed by atoms with Crippen molar-refractivity contribution in [2.45, 2.75) is 32.4 Å². The van der Waals surface area contributed by atoms with E-state index in [1.807, 2.05) is 6.92 Å². The van der Waals surface area contributed by atoms with Gasteiger partial charge in [-0.15, -0.1) is 0 Å². The molecule has 17 heavy (non-hydrogen) atoms. The van der Waals surface area contributed by atoms with Crippen LogP contribution in [0.1, 0.15) is 20.3 Å². The van der Waals surface area contributed by atoms with Crippen LogP contribution in [-0.2, 0) is 0 Å². The van der Waals surface area contributed by atoms with Crippen LogP contribution in [0.4, 0.5) is 5.82 Å². The molecule has 0 aliphatic carbocycles. The minimum atomic E-state index is -0.560. The number of nitrogens with one attached hydrogen (secondary N) is 1. The highest BCUT2D eigenvalue weighted by Crippen LogP contribution is 2.09. The summed E-state index contributed by atoms with van der Waals surface area (Å²) in [5.41, 5.74) is 5.69. The van der Waals surface area contributed by atoms with Gasteiger partial charge in [0.1, 0.15) is 5.82 Å². The summed E-state index contributed by atoms with van der Waals surface area (Å²) in [6.07, 6.45) is 3.52. The molecule has 0 aliphatic rings. The molecule has 6 nitrogen and oxygen atoms in total. The van der Waals surface area contributed by atoms with Crippen LogP contribution in [0.25, 0.3) is 0 Å². The molecular formula is C11H20N4O2. The first-order valence-corrected chi connectivity index (χ1v) is 5.75. The van der Waals surface area contributed by atoms with Crippen LogP contribution in [0.5, 0.6) is 5.88 Å². The van der Waals surface area contributed by atoms with E-state index in [0.717, 1.165) is 6.42 Å². The maximum absolute atomic E-state index is 9.24. The molecule has 0 fully saturated rings. The molecule has 96 valence electrons.